The van der Waals surface area contributed by atoms with E-state index in [2.05, 4.69) is 73.6 Å². The molecule has 3 nitrogen and oxygen atoms in total. The summed E-state index contributed by atoms with van der Waals surface area (Å²) in [6, 6.07) is 13.0. The van der Waals surface area contributed by atoms with Crippen molar-refractivity contribution in [3.8, 4) is 0 Å². The van der Waals surface area contributed by atoms with E-state index in [1.54, 1.807) is 0 Å². The number of fused-ring (bicyclic) bond motifs is 1. The Kier molecular flexibility index (Phi) is 5.51. The largest absolute Gasteiger partial charge is 0.244 e. The molecule has 126 valence electrons. The topological polar surface area (TPSA) is 18.8 Å². The van der Waals surface area contributed by atoms with Crippen molar-refractivity contribution in [2.75, 3.05) is 0 Å². The van der Waals surface area contributed by atoms with Crippen LogP contribution in [0.1, 0.15) is 58.9 Å². The van der Waals surface area contributed by atoms with Crippen molar-refractivity contribution in [2.24, 2.45) is 4.76 Å². The van der Waals surface area contributed by atoms with Crippen LogP contribution in [-0.4, -0.2) is 39.7 Å². The van der Waals surface area contributed by atoms with Crippen molar-refractivity contribution in [1.82, 2.24) is 9.34 Å². The molecule has 0 radical (unpaired) electrons. The first kappa shape index (κ1) is 17.1. The van der Waals surface area contributed by atoms with Crippen LogP contribution < -0.4 is 0 Å². The zero-order valence-electron chi connectivity index (χ0n) is 14.9. The fraction of sp³-hybridized carbons (Fsp3) is 0.632. The van der Waals surface area contributed by atoms with Gasteiger partial charge in [0.2, 0.25) is 0 Å². The molecule has 1 aromatic rings. The van der Waals surface area contributed by atoms with Crippen LogP contribution in [0.2, 0.25) is 0 Å². The molecular formula is C19H30N3P. The Hall–Kier alpha value is -0.760. The lowest BCUT2D eigenvalue weighted by Gasteiger charge is -2.33. The SMILES string of the molecule is CC(C)N1[C@H]2CCCC[C@@H]2N(C(C)C)P1/N=C/c1ccccc1. The van der Waals surface area contributed by atoms with Crippen molar-refractivity contribution in [3.05, 3.63) is 35.9 Å². The molecule has 0 unspecified atom stereocenters. The molecule has 23 heavy (non-hydrogen) atoms. The Balaban J connectivity index is 1.91. The molecule has 3 rings (SSSR count). The van der Waals surface area contributed by atoms with Gasteiger partial charge in [0.25, 0.3) is 0 Å². The van der Waals surface area contributed by atoms with E-state index in [0.717, 1.165) is 0 Å². The standard InChI is InChI=1S/C19H30N3P/c1-15(2)21-18-12-8-9-13-19(18)22(16(3)4)23(21)20-14-17-10-6-5-7-11-17/h5-7,10-11,14-16,18-19H,8-9,12-13H2,1-4H3/b20-14+/t18-,19-/m0/s1. The maximum absolute atomic E-state index is 5.11. The predicted molar refractivity (Wildman–Crippen MR) is 101 cm³/mol. The van der Waals surface area contributed by atoms with E-state index in [0.29, 0.717) is 24.2 Å². The van der Waals surface area contributed by atoms with Crippen molar-refractivity contribution in [2.45, 2.75) is 77.5 Å². The molecule has 0 bridgehead atoms. The van der Waals surface area contributed by atoms with Gasteiger partial charge in [0.05, 0.1) is 0 Å². The summed E-state index contributed by atoms with van der Waals surface area (Å²) in [6.07, 6.45) is 7.52. The van der Waals surface area contributed by atoms with Crippen LogP contribution in [0, 0.1) is 0 Å². The average Bonchev–Trinajstić information content (AvgIpc) is 2.88. The highest BCUT2D eigenvalue weighted by atomic mass is 31.1. The maximum Gasteiger partial charge on any atom is 0.170 e. The zero-order valence-corrected chi connectivity index (χ0v) is 15.8. The third-order valence-electron chi connectivity index (χ3n) is 4.95. The average molecular weight is 331 g/mol. The summed E-state index contributed by atoms with van der Waals surface area (Å²) in [5, 5.41) is 0. The first-order valence-electron chi connectivity index (χ1n) is 9.05. The molecule has 1 aromatic carbocycles. The Morgan fingerprint density at radius 2 is 1.48 bits per heavy atom. The first-order chi connectivity index (χ1) is 11.1. The predicted octanol–water partition coefficient (Wildman–Crippen LogP) is 5.08. The molecule has 2 fully saturated rings. The molecule has 1 saturated carbocycles. The number of benzene rings is 1. The summed E-state index contributed by atoms with van der Waals surface area (Å²) in [4.78, 5) is 0. The quantitative estimate of drug-likeness (QED) is 0.566. The van der Waals surface area contributed by atoms with Crippen molar-refractivity contribution < 1.29 is 0 Å². The fourth-order valence-electron chi connectivity index (χ4n) is 4.05. The van der Waals surface area contributed by atoms with Crippen LogP contribution >= 0.6 is 8.37 Å². The molecule has 0 amide bonds. The second-order valence-electron chi connectivity index (χ2n) is 7.29. The van der Waals surface area contributed by atoms with Gasteiger partial charge in [-0.15, -0.1) is 0 Å². The highest BCUT2D eigenvalue weighted by molar-refractivity contribution is 7.51. The summed E-state index contributed by atoms with van der Waals surface area (Å²) in [6.45, 7) is 9.34. The zero-order chi connectivity index (χ0) is 16.4. The lowest BCUT2D eigenvalue weighted by atomic mass is 9.89. The number of hydrogen-bond acceptors (Lipinski definition) is 3. The van der Waals surface area contributed by atoms with Crippen LogP contribution in [0.15, 0.2) is 35.1 Å². The van der Waals surface area contributed by atoms with Crippen LogP contribution in [0.3, 0.4) is 0 Å². The van der Waals surface area contributed by atoms with E-state index < -0.39 is 8.37 Å². The van der Waals surface area contributed by atoms with Gasteiger partial charge in [-0.3, -0.25) is 0 Å². The van der Waals surface area contributed by atoms with Gasteiger partial charge in [-0.05, 0) is 46.1 Å². The molecule has 1 aliphatic carbocycles. The van der Waals surface area contributed by atoms with Crippen molar-refractivity contribution >= 4 is 14.6 Å². The van der Waals surface area contributed by atoms with E-state index in [9.17, 15) is 0 Å². The summed E-state index contributed by atoms with van der Waals surface area (Å²) >= 11 is 0. The van der Waals surface area contributed by atoms with Gasteiger partial charge in [-0.25, -0.2) is 14.1 Å². The number of hydrogen-bond donors (Lipinski definition) is 0. The second-order valence-corrected chi connectivity index (χ2v) is 8.98. The highest BCUT2D eigenvalue weighted by Crippen LogP contribution is 2.60. The Labute approximate surface area is 142 Å². The second kappa shape index (κ2) is 7.42. The Morgan fingerprint density at radius 3 is 1.96 bits per heavy atom. The van der Waals surface area contributed by atoms with Gasteiger partial charge < -0.3 is 0 Å². The van der Waals surface area contributed by atoms with E-state index in [1.165, 1.54) is 31.2 Å². The molecule has 4 heteroatoms. The smallest absolute Gasteiger partial charge is 0.170 e. The minimum Gasteiger partial charge on any atom is -0.244 e. The van der Waals surface area contributed by atoms with E-state index in [4.69, 9.17) is 4.76 Å². The van der Waals surface area contributed by atoms with Gasteiger partial charge in [0.15, 0.2) is 8.37 Å². The summed E-state index contributed by atoms with van der Waals surface area (Å²) in [7, 11) is -0.589. The van der Waals surface area contributed by atoms with Gasteiger partial charge >= 0.3 is 0 Å². The van der Waals surface area contributed by atoms with E-state index >= 15 is 0 Å². The van der Waals surface area contributed by atoms with Crippen molar-refractivity contribution in [1.29, 1.82) is 0 Å². The lowest BCUT2D eigenvalue weighted by molar-refractivity contribution is 0.173. The molecule has 2 atom stereocenters. The monoisotopic (exact) mass is 331 g/mol. The van der Waals surface area contributed by atoms with Crippen LogP contribution in [0.4, 0.5) is 0 Å². The Morgan fingerprint density at radius 1 is 0.957 bits per heavy atom. The van der Waals surface area contributed by atoms with Gasteiger partial charge in [-0.1, -0.05) is 43.2 Å². The minimum atomic E-state index is -0.589. The van der Waals surface area contributed by atoms with Gasteiger partial charge in [-0.2, -0.15) is 0 Å². The lowest BCUT2D eigenvalue weighted by Crippen LogP contribution is -2.43. The van der Waals surface area contributed by atoms with Crippen LogP contribution in [0.5, 0.6) is 0 Å². The van der Waals surface area contributed by atoms with Gasteiger partial charge in [0, 0.05) is 30.4 Å². The fourth-order valence-corrected chi connectivity index (χ4v) is 6.66. The Bertz CT molecular complexity index is 505. The minimum absolute atomic E-state index is 0.559. The summed E-state index contributed by atoms with van der Waals surface area (Å²) in [5.41, 5.74) is 1.21. The van der Waals surface area contributed by atoms with Crippen LogP contribution in [0.25, 0.3) is 0 Å². The van der Waals surface area contributed by atoms with E-state index in [1.807, 2.05) is 0 Å². The molecule has 0 N–H and O–H groups in total. The number of rotatable bonds is 4. The molecular weight excluding hydrogens is 301 g/mol. The molecule has 1 aliphatic heterocycles. The van der Waals surface area contributed by atoms with E-state index in [-0.39, 0.29) is 0 Å². The summed E-state index contributed by atoms with van der Waals surface area (Å²) in [5.74, 6) is 0. The molecule has 0 spiro atoms. The highest BCUT2D eigenvalue weighted by Gasteiger charge is 2.50. The summed E-state index contributed by atoms with van der Waals surface area (Å²) < 4.78 is 10.6. The maximum atomic E-state index is 5.11. The molecule has 0 aromatic heterocycles. The molecule has 2 aliphatic rings. The number of nitrogens with zero attached hydrogens (tertiary/aromatic N) is 3. The normalized spacial score (nSPS) is 27.4. The third kappa shape index (κ3) is 3.52. The van der Waals surface area contributed by atoms with Crippen LogP contribution in [-0.2, 0) is 0 Å². The first-order valence-corrected chi connectivity index (χ1v) is 10.2. The van der Waals surface area contributed by atoms with Crippen molar-refractivity contribution in [3.63, 3.8) is 0 Å². The molecule has 1 heterocycles. The van der Waals surface area contributed by atoms with Gasteiger partial charge in [0.1, 0.15) is 0 Å². The molecule has 1 saturated heterocycles. The third-order valence-corrected chi connectivity index (χ3v) is 7.62.